The Hall–Kier alpha value is -10.4. The summed E-state index contributed by atoms with van der Waals surface area (Å²) in [5, 5.41) is 11.9. The largest absolute Gasteiger partial charge is 0.452 e. The molecule has 5 aliphatic rings. The van der Waals surface area contributed by atoms with E-state index in [0.29, 0.717) is 77.2 Å². The van der Waals surface area contributed by atoms with Crippen molar-refractivity contribution in [2.45, 2.75) is 368 Å². The number of amides is 8. The van der Waals surface area contributed by atoms with Crippen LogP contribution in [0.1, 0.15) is 445 Å². The maximum Gasteiger partial charge on any atom is 0.266 e. The summed E-state index contributed by atoms with van der Waals surface area (Å²) in [5.41, 5.74) is 4.98. The van der Waals surface area contributed by atoms with Crippen LogP contribution in [0.4, 0.5) is 11.4 Å². The van der Waals surface area contributed by atoms with Gasteiger partial charge in [0.1, 0.15) is 0 Å². The lowest BCUT2D eigenvalue weighted by atomic mass is 9.71. The minimum Gasteiger partial charge on any atom is -0.452 e. The lowest BCUT2D eigenvalue weighted by Crippen LogP contribution is -2.47. The maximum absolute atomic E-state index is 16.3. The Balaban J connectivity index is 0.688. The number of hydrogen-bond donors (Lipinski definition) is 0. The van der Waals surface area contributed by atoms with Crippen LogP contribution in [-0.2, 0) is 16.2 Å². The molecule has 0 radical (unpaired) electrons. The molecule has 13 heteroatoms. The molecule has 13 nitrogen and oxygen atoms in total. The van der Waals surface area contributed by atoms with Crippen LogP contribution < -0.4 is 14.5 Å². The molecule has 5 heterocycles. The van der Waals surface area contributed by atoms with E-state index in [1.54, 1.807) is 9.80 Å². The monoisotopic (exact) mass is 1740 g/mol. The standard InChI is InChI=1S/C117H138N4O9/c1-13-17-21-25-29-33-37-41-45-49-75(50-46-42-38-34-30-26-22-18-14-2)118-107(122)85-61-53-77-81-57-65-89-103-90(66-58-82(99(81)103)78-54-62-86(108(118)123)101(85)97(77)78)112(127)120(111(89)126)95-71-73(115(5,6)7)69-93-105(95)130-106-94(117(93,11)12)70-74(116(8,9)10)72-96(106)121-113(128)91-67-59-83-79-55-63-87-102-88(64-56-80(98(79)102)84-60-68-92(114(121)129)104(91)100(83)84)110(125)119(109(87)124)76(51-47-43-39-35-31-27-23-19-15-3)52-48-44-40-36-32-28-24-20-16-4/h53-72,75-76H,13-52H2,1-12H3. The number of anilines is 2. The normalized spacial score (nSPS) is 15.1. The van der Waals surface area contributed by atoms with E-state index < -0.39 is 39.9 Å². The van der Waals surface area contributed by atoms with Crippen molar-refractivity contribution in [1.29, 1.82) is 0 Å². The number of imide groups is 4. The predicted molar refractivity (Wildman–Crippen MR) is 536 cm³/mol. The minimum atomic E-state index is -0.956. The van der Waals surface area contributed by atoms with Crippen LogP contribution in [0.25, 0.3) is 86.2 Å². The third-order valence-corrected chi connectivity index (χ3v) is 30.5. The number of nitrogens with zero attached hydrogens (tertiary/aromatic N) is 4. The molecule has 0 fully saturated rings. The second-order valence-corrected chi connectivity index (χ2v) is 41.9. The van der Waals surface area contributed by atoms with Gasteiger partial charge in [-0.05, 0) is 173 Å². The molecule has 0 bridgehead atoms. The highest BCUT2D eigenvalue weighted by Gasteiger charge is 2.48. The highest BCUT2D eigenvalue weighted by atomic mass is 16.5. The molecule has 0 N–H and O–H groups in total. The molecule has 0 unspecified atom stereocenters. The van der Waals surface area contributed by atoms with Crippen LogP contribution in [0.2, 0.25) is 0 Å². The topological polar surface area (TPSA) is 159 Å². The first-order valence-corrected chi connectivity index (χ1v) is 50.8. The van der Waals surface area contributed by atoms with E-state index in [1.807, 2.05) is 109 Å². The Labute approximate surface area is 770 Å². The molecular formula is C117H138N4O9. The van der Waals surface area contributed by atoms with Gasteiger partial charge < -0.3 is 4.74 Å². The van der Waals surface area contributed by atoms with Gasteiger partial charge in [0.2, 0.25) is 0 Å². The number of hydrogen-bond acceptors (Lipinski definition) is 9. The third-order valence-electron chi connectivity index (χ3n) is 30.5. The molecule has 0 saturated carbocycles. The second-order valence-electron chi connectivity index (χ2n) is 41.9. The van der Waals surface area contributed by atoms with Crippen molar-refractivity contribution < 1.29 is 43.1 Å². The molecule has 12 aromatic rings. The molecule has 0 aliphatic carbocycles. The molecule has 17 rings (SSSR count). The molecule has 0 spiro atoms. The van der Waals surface area contributed by atoms with Crippen LogP contribution in [0.15, 0.2) is 121 Å². The van der Waals surface area contributed by atoms with Gasteiger partial charge in [-0.15, -0.1) is 0 Å². The van der Waals surface area contributed by atoms with Crippen LogP contribution in [0, 0.1) is 0 Å². The summed E-state index contributed by atoms with van der Waals surface area (Å²) in [4.78, 5) is 133. The summed E-state index contributed by atoms with van der Waals surface area (Å²) < 4.78 is 7.52. The van der Waals surface area contributed by atoms with E-state index in [2.05, 4.69) is 95.2 Å². The van der Waals surface area contributed by atoms with Gasteiger partial charge in [-0.3, -0.25) is 48.2 Å². The molecule has 680 valence electrons. The average Bonchev–Trinajstić information content (AvgIpc) is 0.683. The van der Waals surface area contributed by atoms with Crippen LogP contribution >= 0.6 is 0 Å². The quantitative estimate of drug-likeness (QED) is 0.0157. The zero-order valence-electron chi connectivity index (χ0n) is 79.9. The van der Waals surface area contributed by atoms with Gasteiger partial charge in [-0.2, -0.15) is 0 Å². The number of unbranched alkanes of at least 4 members (excludes halogenated alkanes) is 32. The Morgan fingerprint density at radius 3 is 0.646 bits per heavy atom. The molecule has 0 saturated heterocycles. The molecule has 5 aliphatic heterocycles. The van der Waals surface area contributed by atoms with Crippen LogP contribution in [0.3, 0.4) is 0 Å². The third kappa shape index (κ3) is 16.7. The van der Waals surface area contributed by atoms with Crippen molar-refractivity contribution in [1.82, 2.24) is 9.80 Å². The number of carbonyl (C=O) groups excluding carboxylic acids is 8. The zero-order valence-corrected chi connectivity index (χ0v) is 79.9. The molecule has 0 atom stereocenters. The van der Waals surface area contributed by atoms with Gasteiger partial charge in [-0.1, -0.05) is 375 Å². The molecule has 0 aromatic heterocycles. The SMILES string of the molecule is CCCCCCCCCCCC(CCCCCCCCCCC)N1C(=O)c2ccc3c4ccc5c6c(ccc(c7ccc(c2c37)C1=O)c64)C(=O)N(c1cc(C(C)(C)C)cc2c1Oc1c(N3C(=O)c4ccc6c7ccc8c9c(ccc(c%10ccc(c4c6%10)C3=O)c97)C(=O)N(C(CCCCCCCCCCC)CCCCCCCCCCC)C8=O)cc(C(C)(C)C)cc1C2(C)C)C5=O. The number of carbonyl (C=O) groups is 8. The summed E-state index contributed by atoms with van der Waals surface area (Å²) >= 11 is 0. The molecular weight excluding hydrogens is 1610 g/mol. The van der Waals surface area contributed by atoms with E-state index in [1.165, 1.54) is 164 Å². The van der Waals surface area contributed by atoms with Crippen molar-refractivity contribution >= 4 is 145 Å². The van der Waals surface area contributed by atoms with E-state index in [-0.39, 0.29) is 58.6 Å². The van der Waals surface area contributed by atoms with E-state index in [0.717, 1.165) is 178 Å². The lowest BCUT2D eigenvalue weighted by molar-refractivity contribution is 0.0501. The van der Waals surface area contributed by atoms with Gasteiger partial charge in [-0.25, -0.2) is 9.80 Å². The predicted octanol–water partition coefficient (Wildman–Crippen LogP) is 32.0. The first-order valence-electron chi connectivity index (χ1n) is 50.8. The van der Waals surface area contributed by atoms with Crippen LogP contribution in [0.5, 0.6) is 11.5 Å². The fourth-order valence-electron chi connectivity index (χ4n) is 23.1. The lowest BCUT2D eigenvalue weighted by Gasteiger charge is -2.41. The first-order chi connectivity index (χ1) is 62.8. The summed E-state index contributed by atoms with van der Waals surface area (Å²) in [5.74, 6) is -2.67. The van der Waals surface area contributed by atoms with Gasteiger partial charge in [0.05, 0.1) is 11.4 Å². The van der Waals surface area contributed by atoms with Gasteiger partial charge in [0, 0.05) is 94.7 Å². The number of fused-ring (bicyclic) bond motifs is 6. The fourth-order valence-corrected chi connectivity index (χ4v) is 23.1. The summed E-state index contributed by atoms with van der Waals surface area (Å²) in [6.45, 7) is 25.9. The maximum atomic E-state index is 16.3. The second kappa shape index (κ2) is 38.4. The molecule has 8 amide bonds. The number of benzene rings is 12. The first kappa shape index (κ1) is 91.5. The number of rotatable bonds is 44. The van der Waals surface area contributed by atoms with E-state index >= 15 is 38.4 Å². The molecule has 12 aromatic carbocycles. The zero-order chi connectivity index (χ0) is 91.2. The van der Waals surface area contributed by atoms with Gasteiger partial charge in [0.15, 0.2) is 11.5 Å². The van der Waals surface area contributed by atoms with Crippen molar-refractivity contribution in [3.05, 3.63) is 188 Å². The smallest absolute Gasteiger partial charge is 0.266 e. The van der Waals surface area contributed by atoms with E-state index in [9.17, 15) is 0 Å². The Morgan fingerprint density at radius 2 is 0.446 bits per heavy atom. The summed E-state index contributed by atoms with van der Waals surface area (Å²) in [7, 11) is 0. The highest BCUT2D eigenvalue weighted by molar-refractivity contribution is 6.46. The molecule has 130 heavy (non-hydrogen) atoms. The van der Waals surface area contributed by atoms with Crippen molar-refractivity contribution in [3.63, 3.8) is 0 Å². The van der Waals surface area contributed by atoms with Crippen molar-refractivity contribution in [3.8, 4) is 11.5 Å². The van der Waals surface area contributed by atoms with Gasteiger partial charge in [0.25, 0.3) is 47.3 Å². The Morgan fingerprint density at radius 1 is 0.254 bits per heavy atom. The summed E-state index contributed by atoms with van der Waals surface area (Å²) in [6.07, 6.45) is 46.1. The van der Waals surface area contributed by atoms with Crippen molar-refractivity contribution in [2.75, 3.05) is 9.80 Å². The Bertz CT molecular complexity index is 5740. The fraction of sp³-hybridized carbons (Fsp3) is 0.487. The van der Waals surface area contributed by atoms with Crippen molar-refractivity contribution in [2.24, 2.45) is 0 Å². The van der Waals surface area contributed by atoms with Crippen LogP contribution in [-0.4, -0.2) is 69.1 Å². The number of ether oxygens (including phenoxy) is 1. The van der Waals surface area contributed by atoms with E-state index in [4.69, 9.17) is 4.74 Å². The average molecular weight is 1740 g/mol. The summed E-state index contributed by atoms with van der Waals surface area (Å²) in [6, 6.07) is 38.3. The Kier molecular flexibility index (Phi) is 27.0. The highest BCUT2D eigenvalue weighted by Crippen LogP contribution is 2.59. The van der Waals surface area contributed by atoms with Gasteiger partial charge >= 0.3 is 0 Å². The minimum absolute atomic E-state index is 0.212.